The Hall–Kier alpha value is -2.17. The molecule has 0 aromatic carbocycles. The van der Waals surface area contributed by atoms with Crippen molar-refractivity contribution in [2.75, 3.05) is 18.2 Å². The molecule has 0 aliphatic heterocycles. The number of ether oxygens (including phenoxy) is 1. The van der Waals surface area contributed by atoms with Crippen LogP contribution in [-0.4, -0.2) is 39.5 Å². The van der Waals surface area contributed by atoms with Crippen LogP contribution in [0.25, 0.3) is 10.7 Å². The molecule has 3 heterocycles. The molecule has 7 nitrogen and oxygen atoms in total. The molecule has 0 atom stereocenters. The van der Waals surface area contributed by atoms with Gasteiger partial charge in [0.1, 0.15) is 5.00 Å². The third-order valence-corrected chi connectivity index (χ3v) is 6.22. The van der Waals surface area contributed by atoms with E-state index in [0.717, 1.165) is 23.7 Å². The van der Waals surface area contributed by atoms with Gasteiger partial charge >= 0.3 is 5.97 Å². The molecule has 3 aromatic rings. The second-order valence-electron chi connectivity index (χ2n) is 5.43. The molecular formula is C17H18N4O3S3. The van der Waals surface area contributed by atoms with Gasteiger partial charge in [-0.2, -0.15) is 0 Å². The molecule has 10 heteroatoms. The van der Waals surface area contributed by atoms with Crippen LogP contribution in [0.5, 0.6) is 0 Å². The largest absolute Gasteiger partial charge is 0.465 e. The summed E-state index contributed by atoms with van der Waals surface area (Å²) >= 11 is 4.22. The minimum atomic E-state index is -0.470. The standard InChI is InChI=1S/C17H18N4O3S3/c1-3-7-21-14(12-5-4-8-25-12)19-20-17(21)27-10-13(22)18-15-11(6-9-26-15)16(23)24-2/h4-6,8-9H,3,7,10H2,1-2H3,(H,18,22). The predicted octanol–water partition coefficient (Wildman–Crippen LogP) is 4.00. The van der Waals surface area contributed by atoms with E-state index in [4.69, 9.17) is 4.74 Å². The maximum atomic E-state index is 12.3. The number of hydrogen-bond donors (Lipinski definition) is 1. The summed E-state index contributed by atoms with van der Waals surface area (Å²) in [7, 11) is 1.31. The summed E-state index contributed by atoms with van der Waals surface area (Å²) in [5.74, 6) is 0.310. The van der Waals surface area contributed by atoms with Crippen LogP contribution in [0.2, 0.25) is 0 Å². The Morgan fingerprint density at radius 1 is 1.26 bits per heavy atom. The number of nitrogens with zero attached hydrogens (tertiary/aromatic N) is 3. The Balaban J connectivity index is 1.67. The van der Waals surface area contributed by atoms with Crippen molar-refractivity contribution in [2.24, 2.45) is 0 Å². The summed E-state index contributed by atoms with van der Waals surface area (Å²) in [6, 6.07) is 5.61. The fourth-order valence-corrected chi connectivity index (χ4v) is 4.65. The van der Waals surface area contributed by atoms with Gasteiger partial charge in [-0.1, -0.05) is 24.8 Å². The highest BCUT2D eigenvalue weighted by Gasteiger charge is 2.18. The number of esters is 1. The molecule has 0 aliphatic carbocycles. The van der Waals surface area contributed by atoms with Crippen LogP contribution < -0.4 is 5.32 Å². The molecule has 3 rings (SSSR count). The Morgan fingerprint density at radius 2 is 2.11 bits per heavy atom. The molecule has 0 saturated carbocycles. The number of thiophene rings is 2. The molecular weight excluding hydrogens is 404 g/mol. The first kappa shape index (κ1) is 19.6. The van der Waals surface area contributed by atoms with E-state index < -0.39 is 5.97 Å². The first-order chi connectivity index (χ1) is 13.1. The first-order valence-corrected chi connectivity index (χ1v) is 10.9. The molecule has 142 valence electrons. The van der Waals surface area contributed by atoms with Crippen molar-refractivity contribution in [3.05, 3.63) is 34.5 Å². The van der Waals surface area contributed by atoms with E-state index in [9.17, 15) is 9.59 Å². The first-order valence-electron chi connectivity index (χ1n) is 8.19. The number of hydrogen-bond acceptors (Lipinski definition) is 8. The zero-order valence-corrected chi connectivity index (χ0v) is 17.2. The molecule has 3 aromatic heterocycles. The SMILES string of the molecule is CCCn1c(SCC(=O)Nc2sccc2C(=O)OC)nnc1-c1cccs1. The predicted molar refractivity (Wildman–Crippen MR) is 109 cm³/mol. The second kappa shape index (κ2) is 9.16. The highest BCUT2D eigenvalue weighted by atomic mass is 32.2. The molecule has 0 fully saturated rings. The molecule has 0 bridgehead atoms. The van der Waals surface area contributed by atoms with Gasteiger partial charge in [-0.25, -0.2) is 4.79 Å². The summed E-state index contributed by atoms with van der Waals surface area (Å²) < 4.78 is 6.75. The fourth-order valence-electron chi connectivity index (χ4n) is 2.38. The number of anilines is 1. The molecule has 0 spiro atoms. The van der Waals surface area contributed by atoms with Crippen molar-refractivity contribution in [2.45, 2.75) is 25.0 Å². The Bertz CT molecular complexity index is 918. The minimum absolute atomic E-state index is 0.171. The maximum absolute atomic E-state index is 12.3. The summed E-state index contributed by atoms with van der Waals surface area (Å²) in [6.07, 6.45) is 0.938. The Kier molecular flexibility index (Phi) is 6.64. The van der Waals surface area contributed by atoms with Crippen molar-refractivity contribution in [3.8, 4) is 10.7 Å². The molecule has 1 amide bonds. The molecule has 0 saturated heterocycles. The van der Waals surface area contributed by atoms with E-state index >= 15 is 0 Å². The zero-order chi connectivity index (χ0) is 19.2. The topological polar surface area (TPSA) is 86.1 Å². The van der Waals surface area contributed by atoms with Crippen LogP contribution in [-0.2, 0) is 16.1 Å². The van der Waals surface area contributed by atoms with Crippen LogP contribution in [0.4, 0.5) is 5.00 Å². The lowest BCUT2D eigenvalue weighted by Gasteiger charge is -2.08. The second-order valence-corrected chi connectivity index (χ2v) is 8.23. The van der Waals surface area contributed by atoms with Crippen molar-refractivity contribution < 1.29 is 14.3 Å². The number of carbonyl (C=O) groups is 2. The van der Waals surface area contributed by atoms with Gasteiger partial charge in [-0.3, -0.25) is 4.79 Å². The number of nitrogens with one attached hydrogen (secondary N) is 1. The number of rotatable bonds is 8. The maximum Gasteiger partial charge on any atom is 0.340 e. The average molecular weight is 423 g/mol. The van der Waals surface area contributed by atoms with Crippen LogP contribution in [0, 0.1) is 0 Å². The van der Waals surface area contributed by atoms with Gasteiger partial charge in [-0.05, 0) is 29.3 Å². The highest BCUT2D eigenvalue weighted by Crippen LogP contribution is 2.28. The molecule has 0 radical (unpaired) electrons. The quantitative estimate of drug-likeness (QED) is 0.436. The molecule has 0 aliphatic rings. The molecule has 1 N–H and O–H groups in total. The van der Waals surface area contributed by atoms with Gasteiger partial charge in [0, 0.05) is 6.54 Å². The normalized spacial score (nSPS) is 10.7. The van der Waals surface area contributed by atoms with Crippen LogP contribution >= 0.6 is 34.4 Å². The number of amides is 1. The van der Waals surface area contributed by atoms with E-state index in [1.165, 1.54) is 30.2 Å². The number of carbonyl (C=O) groups excluding carboxylic acids is 2. The Labute approximate surface area is 168 Å². The van der Waals surface area contributed by atoms with Crippen molar-refractivity contribution in [1.29, 1.82) is 0 Å². The lowest BCUT2D eigenvalue weighted by atomic mass is 10.3. The summed E-state index contributed by atoms with van der Waals surface area (Å²) in [5.41, 5.74) is 0.356. The van der Waals surface area contributed by atoms with E-state index in [0.29, 0.717) is 15.7 Å². The van der Waals surface area contributed by atoms with E-state index in [-0.39, 0.29) is 11.7 Å². The smallest absolute Gasteiger partial charge is 0.340 e. The number of thioether (sulfide) groups is 1. The summed E-state index contributed by atoms with van der Waals surface area (Å²) in [6.45, 7) is 2.87. The van der Waals surface area contributed by atoms with Gasteiger partial charge in [0.25, 0.3) is 0 Å². The van der Waals surface area contributed by atoms with E-state index in [2.05, 4.69) is 22.4 Å². The van der Waals surface area contributed by atoms with Crippen LogP contribution in [0.3, 0.4) is 0 Å². The van der Waals surface area contributed by atoms with Crippen LogP contribution in [0.1, 0.15) is 23.7 Å². The summed E-state index contributed by atoms with van der Waals surface area (Å²) in [4.78, 5) is 25.1. The van der Waals surface area contributed by atoms with Crippen molar-refractivity contribution in [1.82, 2.24) is 14.8 Å². The van der Waals surface area contributed by atoms with Crippen molar-refractivity contribution in [3.63, 3.8) is 0 Å². The lowest BCUT2D eigenvalue weighted by molar-refractivity contribution is -0.113. The van der Waals surface area contributed by atoms with Gasteiger partial charge in [0.2, 0.25) is 5.91 Å². The van der Waals surface area contributed by atoms with E-state index in [1.807, 2.05) is 22.1 Å². The monoisotopic (exact) mass is 422 g/mol. The zero-order valence-electron chi connectivity index (χ0n) is 14.8. The average Bonchev–Trinajstić information content (AvgIpc) is 3.40. The van der Waals surface area contributed by atoms with Gasteiger partial charge < -0.3 is 14.6 Å². The third-order valence-electron chi connectivity index (χ3n) is 3.56. The van der Waals surface area contributed by atoms with E-state index in [1.54, 1.807) is 22.8 Å². The van der Waals surface area contributed by atoms with Crippen molar-refractivity contribution >= 4 is 51.3 Å². The van der Waals surface area contributed by atoms with Gasteiger partial charge in [-0.15, -0.1) is 32.9 Å². The summed E-state index contributed by atoms with van der Waals surface area (Å²) in [5, 5.41) is 16.2. The Morgan fingerprint density at radius 3 is 2.81 bits per heavy atom. The molecule has 0 unspecified atom stereocenters. The molecule has 27 heavy (non-hydrogen) atoms. The lowest BCUT2D eigenvalue weighted by Crippen LogP contribution is -2.16. The highest BCUT2D eigenvalue weighted by molar-refractivity contribution is 7.99. The van der Waals surface area contributed by atoms with Crippen LogP contribution in [0.15, 0.2) is 34.1 Å². The number of aromatic nitrogens is 3. The minimum Gasteiger partial charge on any atom is -0.465 e. The number of methoxy groups -OCH3 is 1. The third kappa shape index (κ3) is 4.57. The van der Waals surface area contributed by atoms with Gasteiger partial charge in [0.15, 0.2) is 11.0 Å². The fraction of sp³-hybridized carbons (Fsp3) is 0.294. The van der Waals surface area contributed by atoms with Gasteiger partial charge in [0.05, 0.1) is 23.3 Å².